The summed E-state index contributed by atoms with van der Waals surface area (Å²) in [6, 6.07) is 8.09. The fraction of sp³-hybridized carbons (Fsp3) is 0.556. The number of fused-ring (bicyclic) bond motifs is 1. The van der Waals surface area contributed by atoms with E-state index in [9.17, 15) is 10.1 Å². The monoisotopic (exact) mass is 313 g/mol. The zero-order chi connectivity index (χ0) is 16.1. The molecule has 23 heavy (non-hydrogen) atoms. The number of hydrogen-bond donors (Lipinski definition) is 2. The molecule has 2 atom stereocenters. The van der Waals surface area contributed by atoms with E-state index < -0.39 is 12.1 Å². The van der Waals surface area contributed by atoms with E-state index >= 15 is 0 Å². The largest absolute Gasteiger partial charge is 0.367 e. The van der Waals surface area contributed by atoms with Crippen molar-refractivity contribution in [1.82, 2.24) is 10.6 Å². The number of carbonyl (C=O) groups is 1. The van der Waals surface area contributed by atoms with E-state index in [2.05, 4.69) is 34.9 Å². The molecule has 0 aromatic heterocycles. The molecule has 1 aromatic rings. The minimum Gasteiger partial charge on any atom is -0.367 e. The highest BCUT2D eigenvalue weighted by atomic mass is 16.5. The maximum Gasteiger partial charge on any atom is 0.251 e. The highest BCUT2D eigenvalue weighted by Crippen LogP contribution is 2.23. The fourth-order valence-corrected chi connectivity index (χ4v) is 3.26. The average molecular weight is 313 g/mol. The van der Waals surface area contributed by atoms with Crippen molar-refractivity contribution in [3.05, 3.63) is 34.9 Å². The molecule has 1 unspecified atom stereocenters. The Balaban J connectivity index is 1.59. The van der Waals surface area contributed by atoms with Crippen molar-refractivity contribution in [1.29, 1.82) is 5.26 Å². The van der Waals surface area contributed by atoms with Crippen molar-refractivity contribution in [2.24, 2.45) is 0 Å². The van der Waals surface area contributed by atoms with Gasteiger partial charge >= 0.3 is 0 Å². The van der Waals surface area contributed by atoms with Gasteiger partial charge in [-0.05, 0) is 48.9 Å². The lowest BCUT2D eigenvalue weighted by molar-refractivity contribution is -0.132. The van der Waals surface area contributed by atoms with Crippen LogP contribution in [0.2, 0.25) is 0 Å². The molecule has 2 N–H and O–H groups in total. The zero-order valence-electron chi connectivity index (χ0n) is 13.3. The van der Waals surface area contributed by atoms with Crippen LogP contribution in [-0.4, -0.2) is 37.7 Å². The summed E-state index contributed by atoms with van der Waals surface area (Å²) in [5, 5.41) is 15.4. The summed E-state index contributed by atoms with van der Waals surface area (Å²) in [5.74, 6) is -0.202. The number of nitrogens with zero attached hydrogens (tertiary/aromatic N) is 1. The van der Waals surface area contributed by atoms with Crippen molar-refractivity contribution in [3.8, 4) is 6.07 Å². The molecule has 1 fully saturated rings. The number of benzene rings is 1. The Hall–Kier alpha value is -1.90. The summed E-state index contributed by atoms with van der Waals surface area (Å²) in [6.07, 6.45) is 4.42. The van der Waals surface area contributed by atoms with Crippen LogP contribution in [-0.2, 0) is 28.8 Å². The first-order chi connectivity index (χ1) is 11.3. The van der Waals surface area contributed by atoms with Gasteiger partial charge in [0.25, 0.3) is 5.91 Å². The molecule has 3 rings (SSSR count). The third kappa shape index (κ3) is 4.10. The molecule has 5 heteroatoms. The lowest BCUT2D eigenvalue weighted by Gasteiger charge is -2.18. The van der Waals surface area contributed by atoms with Crippen molar-refractivity contribution >= 4 is 5.91 Å². The van der Waals surface area contributed by atoms with E-state index in [-0.39, 0.29) is 5.91 Å². The van der Waals surface area contributed by atoms with E-state index in [0.29, 0.717) is 19.6 Å². The Labute approximate surface area is 137 Å². The number of nitrogens with one attached hydrogen (secondary N) is 2. The molecule has 0 radical (unpaired) electrons. The Bertz CT molecular complexity index is 601. The summed E-state index contributed by atoms with van der Waals surface area (Å²) >= 11 is 0. The van der Waals surface area contributed by atoms with Crippen LogP contribution in [0.3, 0.4) is 0 Å². The second kappa shape index (κ2) is 7.58. The molecule has 1 amide bonds. The predicted molar refractivity (Wildman–Crippen MR) is 86.9 cm³/mol. The summed E-state index contributed by atoms with van der Waals surface area (Å²) in [5.41, 5.74) is 3.92. The first-order valence-corrected chi connectivity index (χ1v) is 8.39. The highest BCUT2D eigenvalue weighted by Gasteiger charge is 2.23. The second-order valence-electron chi connectivity index (χ2n) is 6.27. The van der Waals surface area contributed by atoms with Crippen LogP contribution in [0.1, 0.15) is 29.5 Å². The van der Waals surface area contributed by atoms with Gasteiger partial charge in [-0.3, -0.25) is 4.79 Å². The smallest absolute Gasteiger partial charge is 0.251 e. The SMILES string of the molecule is N#CC(Cc1ccc2c(c1)CCC2)NC(=O)[C@@H]1CNCCCO1. The molecule has 0 bridgehead atoms. The standard InChI is InChI=1S/C18H23N3O2/c19-11-16(21-18(22)17-12-20-7-2-8-23-17)10-13-5-6-14-3-1-4-15(14)9-13/h5-6,9,16-17,20H,1-4,7-8,10,12H2,(H,21,22)/t16?,17-/m0/s1. The van der Waals surface area contributed by atoms with Crippen LogP contribution in [0.25, 0.3) is 0 Å². The van der Waals surface area contributed by atoms with Gasteiger partial charge in [0.2, 0.25) is 0 Å². The van der Waals surface area contributed by atoms with Crippen LogP contribution < -0.4 is 10.6 Å². The lowest BCUT2D eigenvalue weighted by atomic mass is 10.0. The Kier molecular flexibility index (Phi) is 5.27. The van der Waals surface area contributed by atoms with Gasteiger partial charge in [0.15, 0.2) is 0 Å². The first kappa shape index (κ1) is 16.0. The van der Waals surface area contributed by atoms with Gasteiger partial charge in [0, 0.05) is 19.6 Å². The zero-order valence-corrected chi connectivity index (χ0v) is 13.3. The van der Waals surface area contributed by atoms with Gasteiger partial charge in [-0.2, -0.15) is 5.26 Å². The molecule has 0 spiro atoms. The van der Waals surface area contributed by atoms with Crippen LogP contribution in [0, 0.1) is 11.3 Å². The van der Waals surface area contributed by atoms with Gasteiger partial charge in [-0.1, -0.05) is 18.2 Å². The molecule has 2 aliphatic rings. The minimum absolute atomic E-state index is 0.202. The van der Waals surface area contributed by atoms with Crippen molar-refractivity contribution in [2.45, 2.75) is 44.2 Å². The van der Waals surface area contributed by atoms with Gasteiger partial charge in [0.1, 0.15) is 12.1 Å². The number of amides is 1. The van der Waals surface area contributed by atoms with Gasteiger partial charge in [-0.25, -0.2) is 0 Å². The van der Waals surface area contributed by atoms with Crippen molar-refractivity contribution < 1.29 is 9.53 Å². The number of nitriles is 1. The van der Waals surface area contributed by atoms with E-state index in [1.165, 1.54) is 17.5 Å². The highest BCUT2D eigenvalue weighted by molar-refractivity contribution is 5.81. The maximum atomic E-state index is 12.3. The predicted octanol–water partition coefficient (Wildman–Crippen LogP) is 1.10. The van der Waals surface area contributed by atoms with Gasteiger partial charge < -0.3 is 15.4 Å². The summed E-state index contributed by atoms with van der Waals surface area (Å²) in [7, 11) is 0. The molecule has 1 aliphatic heterocycles. The van der Waals surface area contributed by atoms with Gasteiger partial charge in [0.05, 0.1) is 6.07 Å². The number of carbonyl (C=O) groups excluding carboxylic acids is 1. The Morgan fingerprint density at radius 1 is 1.39 bits per heavy atom. The Morgan fingerprint density at radius 2 is 2.26 bits per heavy atom. The maximum absolute atomic E-state index is 12.3. The number of aryl methyl sites for hydroxylation is 2. The molecule has 1 aliphatic carbocycles. The topological polar surface area (TPSA) is 74.2 Å². The average Bonchev–Trinajstić information content (AvgIpc) is 2.85. The molecule has 5 nitrogen and oxygen atoms in total. The molecule has 0 saturated carbocycles. The van der Waals surface area contributed by atoms with Crippen LogP contribution in [0.15, 0.2) is 18.2 Å². The second-order valence-corrected chi connectivity index (χ2v) is 6.27. The first-order valence-electron chi connectivity index (χ1n) is 8.39. The lowest BCUT2D eigenvalue weighted by Crippen LogP contribution is -2.46. The summed E-state index contributed by atoms with van der Waals surface area (Å²) < 4.78 is 5.54. The molecule has 1 heterocycles. The molecule has 1 aromatic carbocycles. The van der Waals surface area contributed by atoms with E-state index in [1.807, 2.05) is 0 Å². The number of ether oxygens (including phenoxy) is 1. The molecule has 1 saturated heterocycles. The van der Waals surface area contributed by atoms with Crippen LogP contribution in [0.5, 0.6) is 0 Å². The van der Waals surface area contributed by atoms with E-state index in [0.717, 1.165) is 31.4 Å². The number of rotatable bonds is 4. The van der Waals surface area contributed by atoms with Crippen LogP contribution >= 0.6 is 0 Å². The third-order valence-electron chi connectivity index (χ3n) is 4.51. The quantitative estimate of drug-likeness (QED) is 0.873. The van der Waals surface area contributed by atoms with E-state index in [4.69, 9.17) is 4.74 Å². The molecular weight excluding hydrogens is 290 g/mol. The molecule has 122 valence electrons. The van der Waals surface area contributed by atoms with Crippen molar-refractivity contribution in [3.63, 3.8) is 0 Å². The summed E-state index contributed by atoms with van der Waals surface area (Å²) in [4.78, 5) is 12.3. The van der Waals surface area contributed by atoms with Crippen molar-refractivity contribution in [2.75, 3.05) is 19.7 Å². The minimum atomic E-state index is -0.520. The molecular formula is C18H23N3O2. The van der Waals surface area contributed by atoms with E-state index in [1.54, 1.807) is 0 Å². The Morgan fingerprint density at radius 3 is 3.13 bits per heavy atom. The normalized spacial score (nSPS) is 21.8. The summed E-state index contributed by atoms with van der Waals surface area (Å²) in [6.45, 7) is 1.94. The number of hydrogen-bond acceptors (Lipinski definition) is 4. The van der Waals surface area contributed by atoms with Crippen LogP contribution in [0.4, 0.5) is 0 Å². The fourth-order valence-electron chi connectivity index (χ4n) is 3.26. The van der Waals surface area contributed by atoms with Gasteiger partial charge in [-0.15, -0.1) is 0 Å². The third-order valence-corrected chi connectivity index (χ3v) is 4.51.